The Morgan fingerprint density at radius 3 is 2.63 bits per heavy atom. The summed E-state index contributed by atoms with van der Waals surface area (Å²) in [4.78, 5) is 23.5. The molecule has 6 heteroatoms. The largest absolute Gasteiger partial charge is 0.496 e. The first kappa shape index (κ1) is 18.5. The molecular weight excluding hydrogens is 346 g/mol. The number of rotatable bonds is 5. The lowest BCUT2D eigenvalue weighted by molar-refractivity contribution is 0.0535. The van der Waals surface area contributed by atoms with Crippen LogP contribution in [-0.4, -0.2) is 24.2 Å². The lowest BCUT2D eigenvalue weighted by atomic mass is 9.93. The Bertz CT molecular complexity index is 975. The van der Waals surface area contributed by atoms with E-state index in [-0.39, 0.29) is 12.2 Å². The van der Waals surface area contributed by atoms with Gasteiger partial charge in [-0.1, -0.05) is 24.3 Å². The molecule has 0 saturated carbocycles. The molecule has 0 spiro atoms. The third kappa shape index (κ3) is 3.14. The average Bonchev–Trinajstić information content (AvgIpc) is 3.05. The Hall–Kier alpha value is -3.28. The van der Waals surface area contributed by atoms with E-state index < -0.39 is 11.9 Å². The lowest BCUT2D eigenvalue weighted by Gasteiger charge is -2.17. The number of benzene rings is 2. The Morgan fingerprint density at radius 2 is 2.00 bits per heavy atom. The molecule has 1 aliphatic heterocycles. The molecule has 140 valence electrons. The number of carbonyl (C=O) groups is 2. The molecule has 0 amide bonds. The molecule has 0 fully saturated rings. The number of nitrogen functional groups attached to an aromatic ring is 1. The van der Waals surface area contributed by atoms with Crippen LogP contribution in [0.25, 0.3) is 5.57 Å². The fourth-order valence-corrected chi connectivity index (χ4v) is 3.47. The van der Waals surface area contributed by atoms with Crippen molar-refractivity contribution < 1.29 is 24.2 Å². The summed E-state index contributed by atoms with van der Waals surface area (Å²) in [7, 11) is 1.56. The predicted octanol–water partition coefficient (Wildman–Crippen LogP) is 3.60. The molecule has 2 aromatic rings. The summed E-state index contributed by atoms with van der Waals surface area (Å²) >= 11 is 0. The van der Waals surface area contributed by atoms with Crippen LogP contribution in [0.2, 0.25) is 0 Å². The molecule has 0 bridgehead atoms. The number of esters is 1. The molecule has 0 saturated heterocycles. The van der Waals surface area contributed by atoms with E-state index in [0.29, 0.717) is 34.5 Å². The summed E-state index contributed by atoms with van der Waals surface area (Å²) in [6.45, 7) is 3.92. The summed E-state index contributed by atoms with van der Waals surface area (Å²) in [5.41, 5.74) is 11.0. The molecule has 3 N–H and O–H groups in total. The maximum atomic E-state index is 12.0. The van der Waals surface area contributed by atoms with Crippen LogP contribution in [0.5, 0.6) is 5.75 Å². The molecular formula is C21H21NO5. The summed E-state index contributed by atoms with van der Waals surface area (Å²) < 4.78 is 10.7. The van der Waals surface area contributed by atoms with Crippen molar-refractivity contribution in [2.75, 3.05) is 12.8 Å². The number of nitrogens with two attached hydrogens (primary N) is 1. The van der Waals surface area contributed by atoms with E-state index in [9.17, 15) is 14.7 Å². The van der Waals surface area contributed by atoms with Crippen LogP contribution in [0.1, 0.15) is 49.9 Å². The number of carboxylic acid groups (broad SMARTS) is 1. The predicted molar refractivity (Wildman–Crippen MR) is 102 cm³/mol. The number of carboxylic acids is 1. The summed E-state index contributed by atoms with van der Waals surface area (Å²) in [6, 6.07) is 6.82. The smallest absolute Gasteiger partial charge is 0.341 e. The standard InChI is InChI=1S/C21H21NO5/c1-11(13-6-4-5-7-14(13)20(23)24)8-9-15-18(22)17-16(10-27-21(17)25)12(2)19(15)26-3/h4-8H,9-10,22H2,1-3H3,(H,23,24)/b11-8+. The fourth-order valence-electron chi connectivity index (χ4n) is 3.47. The van der Waals surface area contributed by atoms with Gasteiger partial charge in [-0.25, -0.2) is 9.59 Å². The van der Waals surface area contributed by atoms with Crippen LogP contribution in [0.15, 0.2) is 30.3 Å². The van der Waals surface area contributed by atoms with E-state index in [0.717, 1.165) is 16.7 Å². The van der Waals surface area contributed by atoms with E-state index in [2.05, 4.69) is 0 Å². The third-order valence-electron chi connectivity index (χ3n) is 4.91. The van der Waals surface area contributed by atoms with Gasteiger partial charge in [0.1, 0.15) is 12.4 Å². The van der Waals surface area contributed by atoms with Crippen molar-refractivity contribution >= 4 is 23.2 Å². The van der Waals surface area contributed by atoms with Gasteiger partial charge in [-0.15, -0.1) is 0 Å². The van der Waals surface area contributed by atoms with Crippen LogP contribution in [0.4, 0.5) is 5.69 Å². The maximum absolute atomic E-state index is 12.0. The zero-order valence-electron chi connectivity index (χ0n) is 15.5. The van der Waals surface area contributed by atoms with Crippen LogP contribution in [-0.2, 0) is 17.8 Å². The topological polar surface area (TPSA) is 98.9 Å². The molecule has 3 rings (SSSR count). The summed E-state index contributed by atoms with van der Waals surface area (Å²) in [5.74, 6) is -0.780. The van der Waals surface area contributed by atoms with Gasteiger partial charge in [-0.05, 0) is 43.0 Å². The third-order valence-corrected chi connectivity index (χ3v) is 4.91. The first-order valence-electron chi connectivity index (χ1n) is 8.51. The molecule has 0 aromatic heterocycles. The Labute approximate surface area is 157 Å². The molecule has 0 atom stereocenters. The Kier molecular flexibility index (Phi) is 4.90. The summed E-state index contributed by atoms with van der Waals surface area (Å²) in [6.07, 6.45) is 2.29. The number of allylic oxidation sites excluding steroid dienone is 2. The monoisotopic (exact) mass is 367 g/mol. The van der Waals surface area contributed by atoms with Crippen molar-refractivity contribution in [2.45, 2.75) is 26.9 Å². The molecule has 27 heavy (non-hydrogen) atoms. The lowest BCUT2D eigenvalue weighted by Crippen LogP contribution is -2.08. The number of aromatic carboxylic acids is 1. The SMILES string of the molecule is COc1c(C)c2c(c(N)c1C/C=C(\C)c1ccccc1C(=O)O)C(=O)OC2. The maximum Gasteiger partial charge on any atom is 0.341 e. The van der Waals surface area contributed by atoms with Crippen LogP contribution in [0.3, 0.4) is 0 Å². The molecule has 0 radical (unpaired) electrons. The zero-order valence-corrected chi connectivity index (χ0v) is 15.5. The second-order valence-corrected chi connectivity index (χ2v) is 6.42. The Balaban J connectivity index is 2.05. The van der Waals surface area contributed by atoms with E-state index in [4.69, 9.17) is 15.2 Å². The van der Waals surface area contributed by atoms with Crippen molar-refractivity contribution in [3.05, 3.63) is 63.7 Å². The molecule has 0 unspecified atom stereocenters. The van der Waals surface area contributed by atoms with Gasteiger partial charge in [-0.3, -0.25) is 0 Å². The van der Waals surface area contributed by atoms with E-state index >= 15 is 0 Å². The van der Waals surface area contributed by atoms with Crippen molar-refractivity contribution in [1.29, 1.82) is 0 Å². The summed E-state index contributed by atoms with van der Waals surface area (Å²) in [5, 5.41) is 9.38. The van der Waals surface area contributed by atoms with Gasteiger partial charge < -0.3 is 20.3 Å². The molecule has 1 heterocycles. The number of methoxy groups -OCH3 is 1. The molecule has 1 aliphatic rings. The second kappa shape index (κ2) is 7.15. The zero-order chi connectivity index (χ0) is 19.7. The van der Waals surface area contributed by atoms with E-state index in [1.54, 1.807) is 31.4 Å². The van der Waals surface area contributed by atoms with E-state index in [1.807, 2.05) is 19.9 Å². The van der Waals surface area contributed by atoms with Crippen LogP contribution < -0.4 is 10.5 Å². The highest BCUT2D eigenvalue weighted by molar-refractivity contribution is 6.01. The number of anilines is 1. The van der Waals surface area contributed by atoms with Gasteiger partial charge in [0.2, 0.25) is 0 Å². The van der Waals surface area contributed by atoms with Crippen molar-refractivity contribution in [2.24, 2.45) is 0 Å². The van der Waals surface area contributed by atoms with Crippen LogP contribution in [0, 0.1) is 6.92 Å². The van der Waals surface area contributed by atoms with Gasteiger partial charge in [0.05, 0.1) is 23.9 Å². The number of hydrogen-bond donors (Lipinski definition) is 2. The molecule has 6 nitrogen and oxygen atoms in total. The minimum absolute atomic E-state index is 0.196. The number of hydrogen-bond acceptors (Lipinski definition) is 5. The second-order valence-electron chi connectivity index (χ2n) is 6.42. The van der Waals surface area contributed by atoms with Gasteiger partial charge in [0.15, 0.2) is 0 Å². The van der Waals surface area contributed by atoms with E-state index in [1.165, 1.54) is 0 Å². The number of carbonyl (C=O) groups excluding carboxylic acids is 1. The highest BCUT2D eigenvalue weighted by Crippen LogP contribution is 2.40. The molecule has 0 aliphatic carbocycles. The van der Waals surface area contributed by atoms with Crippen molar-refractivity contribution in [3.8, 4) is 5.75 Å². The highest BCUT2D eigenvalue weighted by atomic mass is 16.5. The number of fused-ring (bicyclic) bond motifs is 1. The normalized spacial score (nSPS) is 13.3. The van der Waals surface area contributed by atoms with Gasteiger partial charge >= 0.3 is 11.9 Å². The average molecular weight is 367 g/mol. The first-order valence-corrected chi connectivity index (χ1v) is 8.51. The quantitative estimate of drug-likeness (QED) is 0.619. The Morgan fingerprint density at radius 1 is 1.33 bits per heavy atom. The van der Waals surface area contributed by atoms with Crippen molar-refractivity contribution in [3.63, 3.8) is 0 Å². The molecule has 2 aromatic carbocycles. The fraction of sp³-hybridized carbons (Fsp3) is 0.238. The van der Waals surface area contributed by atoms with Crippen molar-refractivity contribution in [1.82, 2.24) is 0 Å². The highest BCUT2D eigenvalue weighted by Gasteiger charge is 2.30. The van der Waals surface area contributed by atoms with Crippen LogP contribution >= 0.6 is 0 Å². The minimum Gasteiger partial charge on any atom is -0.496 e. The number of ether oxygens (including phenoxy) is 2. The first-order chi connectivity index (χ1) is 12.9. The number of cyclic esters (lactones) is 1. The van der Waals surface area contributed by atoms with Gasteiger partial charge in [-0.2, -0.15) is 0 Å². The van der Waals surface area contributed by atoms with Gasteiger partial charge in [0, 0.05) is 11.1 Å². The minimum atomic E-state index is -0.980. The van der Waals surface area contributed by atoms with Gasteiger partial charge in [0.25, 0.3) is 0 Å².